The minimum Gasteiger partial charge on any atom is -0.481 e. The molecule has 0 aliphatic heterocycles. The topological polar surface area (TPSA) is 94.8 Å². The fourth-order valence-corrected chi connectivity index (χ4v) is 4.04. The standard InChI is InChI=1S/C27H36O5S/c1-2-3-4-5-6-7-8-9-10-11-12-13-16-25(24(28)15-14-17-26(29)30)33-23-20-18-22(19-21-23)27(31)32/h6-7,9-13,16,18-21,24-25,28H,2-5,8,14-15,17H2,1H3,(H,29,30)(H,31,32)/b7-6+,10-9+,12-11+,16-13-/t24-,25+/m0/s1. The fraction of sp³-hybridized carbons (Fsp3) is 0.407. The number of carbonyl (C=O) groups is 2. The van der Waals surface area contributed by atoms with Crippen LogP contribution in [0.15, 0.2) is 77.8 Å². The molecule has 2 atom stereocenters. The lowest BCUT2D eigenvalue weighted by molar-refractivity contribution is -0.137. The molecule has 0 heterocycles. The van der Waals surface area contributed by atoms with Crippen molar-refractivity contribution >= 4 is 23.7 Å². The van der Waals surface area contributed by atoms with Gasteiger partial charge in [0.05, 0.1) is 16.9 Å². The van der Waals surface area contributed by atoms with E-state index in [1.54, 1.807) is 12.1 Å². The molecule has 6 heteroatoms. The zero-order valence-electron chi connectivity index (χ0n) is 19.3. The van der Waals surface area contributed by atoms with E-state index in [0.29, 0.717) is 12.8 Å². The van der Waals surface area contributed by atoms with E-state index in [9.17, 15) is 14.7 Å². The van der Waals surface area contributed by atoms with E-state index in [4.69, 9.17) is 10.2 Å². The lowest BCUT2D eigenvalue weighted by atomic mass is 10.1. The molecule has 0 amide bonds. The molecule has 0 aromatic heterocycles. The number of hydrogen-bond donors (Lipinski definition) is 3. The number of allylic oxidation sites excluding steroid dienone is 7. The van der Waals surface area contributed by atoms with Crippen LogP contribution in [0.4, 0.5) is 0 Å². The Morgan fingerprint density at radius 3 is 2.33 bits per heavy atom. The molecular weight excluding hydrogens is 436 g/mol. The van der Waals surface area contributed by atoms with E-state index < -0.39 is 18.0 Å². The summed E-state index contributed by atoms with van der Waals surface area (Å²) in [5.74, 6) is -1.86. The Hall–Kier alpha value is -2.57. The van der Waals surface area contributed by atoms with Crippen molar-refractivity contribution in [3.05, 3.63) is 78.4 Å². The zero-order valence-corrected chi connectivity index (χ0v) is 20.1. The minimum atomic E-state index is -0.984. The van der Waals surface area contributed by atoms with E-state index >= 15 is 0 Å². The number of aliphatic hydroxyl groups is 1. The second-order valence-corrected chi connectivity index (χ2v) is 8.92. The Balaban J connectivity index is 2.63. The number of hydrogen-bond acceptors (Lipinski definition) is 4. The summed E-state index contributed by atoms with van der Waals surface area (Å²) in [6, 6.07) is 6.50. The maximum Gasteiger partial charge on any atom is 0.335 e. The van der Waals surface area contributed by atoms with Crippen molar-refractivity contribution in [1.29, 1.82) is 0 Å². The Morgan fingerprint density at radius 2 is 1.67 bits per heavy atom. The van der Waals surface area contributed by atoms with Crippen molar-refractivity contribution in [1.82, 2.24) is 0 Å². The molecule has 180 valence electrons. The minimum absolute atomic E-state index is 0.0171. The van der Waals surface area contributed by atoms with Gasteiger partial charge in [0.1, 0.15) is 0 Å². The molecule has 0 radical (unpaired) electrons. The van der Waals surface area contributed by atoms with Gasteiger partial charge in [-0.15, -0.1) is 11.8 Å². The van der Waals surface area contributed by atoms with Crippen molar-refractivity contribution in [2.45, 2.75) is 74.5 Å². The summed E-state index contributed by atoms with van der Waals surface area (Å²) < 4.78 is 0. The van der Waals surface area contributed by atoms with Crippen LogP contribution in [-0.2, 0) is 4.79 Å². The number of aliphatic hydroxyl groups excluding tert-OH is 1. The summed E-state index contributed by atoms with van der Waals surface area (Å²) in [6.45, 7) is 2.20. The predicted octanol–water partition coefficient (Wildman–Crippen LogP) is 6.66. The Bertz CT molecular complexity index is 808. The van der Waals surface area contributed by atoms with E-state index in [1.807, 2.05) is 30.4 Å². The molecule has 5 nitrogen and oxygen atoms in total. The molecule has 0 bridgehead atoms. The van der Waals surface area contributed by atoms with Crippen molar-refractivity contribution in [3.8, 4) is 0 Å². The van der Waals surface area contributed by atoms with Crippen molar-refractivity contribution in [2.75, 3.05) is 0 Å². The highest BCUT2D eigenvalue weighted by Gasteiger charge is 2.18. The van der Waals surface area contributed by atoms with Crippen LogP contribution < -0.4 is 0 Å². The van der Waals surface area contributed by atoms with Crippen LogP contribution >= 0.6 is 11.8 Å². The number of benzene rings is 1. The molecule has 1 aromatic rings. The van der Waals surface area contributed by atoms with Gasteiger partial charge in [-0.05, 0) is 56.4 Å². The molecule has 1 aromatic carbocycles. The van der Waals surface area contributed by atoms with Gasteiger partial charge in [-0.1, -0.05) is 68.4 Å². The Morgan fingerprint density at radius 1 is 0.939 bits per heavy atom. The molecule has 1 rings (SSSR count). The summed E-state index contributed by atoms with van der Waals surface area (Å²) in [7, 11) is 0. The fourth-order valence-electron chi connectivity index (χ4n) is 2.97. The van der Waals surface area contributed by atoms with Crippen LogP contribution in [0.1, 0.15) is 68.6 Å². The van der Waals surface area contributed by atoms with Gasteiger partial charge >= 0.3 is 11.9 Å². The van der Waals surface area contributed by atoms with Gasteiger partial charge in [-0.2, -0.15) is 0 Å². The number of aromatic carboxylic acids is 1. The smallest absolute Gasteiger partial charge is 0.335 e. The zero-order chi connectivity index (χ0) is 24.3. The first kappa shape index (κ1) is 28.5. The van der Waals surface area contributed by atoms with Crippen LogP contribution in [-0.4, -0.2) is 38.6 Å². The first-order chi connectivity index (χ1) is 15.9. The summed E-state index contributed by atoms with van der Waals surface area (Å²) in [4.78, 5) is 22.6. The number of unbranched alkanes of at least 4 members (excludes halogenated alkanes) is 3. The van der Waals surface area contributed by atoms with Crippen LogP contribution in [0.25, 0.3) is 0 Å². The summed E-state index contributed by atoms with van der Waals surface area (Å²) in [5, 5.41) is 28.2. The van der Waals surface area contributed by atoms with E-state index in [-0.39, 0.29) is 17.2 Å². The van der Waals surface area contributed by atoms with Crippen LogP contribution in [0.2, 0.25) is 0 Å². The predicted molar refractivity (Wildman–Crippen MR) is 136 cm³/mol. The largest absolute Gasteiger partial charge is 0.481 e. The third-order valence-corrected chi connectivity index (χ3v) is 6.11. The summed E-state index contributed by atoms with van der Waals surface area (Å²) >= 11 is 1.42. The molecule has 0 aliphatic carbocycles. The Kier molecular flexibility index (Phi) is 15.5. The number of carboxylic acid groups (broad SMARTS) is 2. The highest BCUT2D eigenvalue weighted by atomic mass is 32.2. The van der Waals surface area contributed by atoms with Crippen molar-refractivity contribution in [2.24, 2.45) is 0 Å². The average Bonchev–Trinajstić information content (AvgIpc) is 2.79. The highest BCUT2D eigenvalue weighted by molar-refractivity contribution is 8.00. The molecule has 0 aliphatic rings. The van der Waals surface area contributed by atoms with Gasteiger partial charge in [0.2, 0.25) is 0 Å². The third kappa shape index (κ3) is 14.2. The first-order valence-electron chi connectivity index (χ1n) is 11.5. The molecular formula is C27H36O5S. The summed E-state index contributed by atoms with van der Waals surface area (Å²) in [5.41, 5.74) is 0.207. The number of aliphatic carboxylic acids is 1. The molecule has 0 fully saturated rings. The van der Waals surface area contributed by atoms with Crippen LogP contribution in [0, 0.1) is 0 Å². The van der Waals surface area contributed by atoms with Gasteiger partial charge in [-0.3, -0.25) is 4.79 Å². The van der Waals surface area contributed by atoms with Gasteiger partial charge in [0.15, 0.2) is 0 Å². The quantitative estimate of drug-likeness (QED) is 0.102. The lowest BCUT2D eigenvalue weighted by Crippen LogP contribution is -2.21. The molecule has 0 saturated carbocycles. The van der Waals surface area contributed by atoms with Gasteiger partial charge in [-0.25, -0.2) is 4.79 Å². The van der Waals surface area contributed by atoms with E-state index in [0.717, 1.165) is 17.7 Å². The molecule has 33 heavy (non-hydrogen) atoms. The number of carboxylic acids is 2. The molecule has 0 saturated heterocycles. The second kappa shape index (κ2) is 17.9. The van der Waals surface area contributed by atoms with Crippen LogP contribution in [0.5, 0.6) is 0 Å². The normalized spacial score (nSPS) is 14.0. The summed E-state index contributed by atoms with van der Waals surface area (Å²) in [6.07, 6.45) is 21.9. The maximum absolute atomic E-state index is 11.0. The maximum atomic E-state index is 11.0. The monoisotopic (exact) mass is 472 g/mol. The molecule has 0 spiro atoms. The molecule has 3 N–H and O–H groups in total. The number of thioether (sulfide) groups is 1. The van der Waals surface area contributed by atoms with Crippen molar-refractivity contribution in [3.63, 3.8) is 0 Å². The van der Waals surface area contributed by atoms with Crippen molar-refractivity contribution < 1.29 is 24.9 Å². The third-order valence-electron chi connectivity index (χ3n) is 4.83. The van der Waals surface area contributed by atoms with Gasteiger partial charge in [0, 0.05) is 11.3 Å². The van der Waals surface area contributed by atoms with Gasteiger partial charge < -0.3 is 15.3 Å². The lowest BCUT2D eigenvalue weighted by Gasteiger charge is -2.19. The average molecular weight is 473 g/mol. The highest BCUT2D eigenvalue weighted by Crippen LogP contribution is 2.28. The van der Waals surface area contributed by atoms with Gasteiger partial charge in [0.25, 0.3) is 0 Å². The number of rotatable bonds is 17. The van der Waals surface area contributed by atoms with E-state index in [2.05, 4.69) is 25.2 Å². The SMILES string of the molecule is CCCCC/C=C/C/C=C/C=C/C=C\[C@@H](Sc1ccc(C(=O)O)cc1)[C@@H](O)CCCC(=O)O. The Labute approximate surface area is 201 Å². The van der Waals surface area contributed by atoms with Crippen LogP contribution in [0.3, 0.4) is 0 Å². The second-order valence-electron chi connectivity index (χ2n) is 7.67. The van der Waals surface area contributed by atoms with E-state index in [1.165, 1.54) is 43.2 Å². The molecule has 0 unspecified atom stereocenters. The first-order valence-corrected chi connectivity index (χ1v) is 12.4.